The summed E-state index contributed by atoms with van der Waals surface area (Å²) < 4.78 is 5.56. The molecule has 2 aliphatic rings. The molecular formula is C14H26N2O2. The molecule has 1 saturated heterocycles. The number of carbonyl (C=O) groups is 1. The van der Waals surface area contributed by atoms with Crippen LogP contribution < -0.4 is 11.1 Å². The molecule has 1 aliphatic carbocycles. The van der Waals surface area contributed by atoms with Gasteiger partial charge in [-0.25, -0.2) is 0 Å². The minimum atomic E-state index is -0.225. The molecular weight excluding hydrogens is 228 g/mol. The Labute approximate surface area is 110 Å². The van der Waals surface area contributed by atoms with Crippen LogP contribution in [0.2, 0.25) is 0 Å². The standard InChI is InChI=1S/C14H26N2O2/c1-9-4-5-12(15)11(8-9)13(17)16-14(3)6-7-18-10(14)2/h9-12H,4-8,15H2,1-3H3,(H,16,17). The molecule has 2 rings (SSSR count). The minimum Gasteiger partial charge on any atom is -0.376 e. The molecule has 4 heteroatoms. The smallest absolute Gasteiger partial charge is 0.225 e. The van der Waals surface area contributed by atoms with Crippen LogP contribution in [-0.2, 0) is 9.53 Å². The van der Waals surface area contributed by atoms with Crippen molar-refractivity contribution in [1.82, 2.24) is 5.32 Å². The highest BCUT2D eigenvalue weighted by molar-refractivity contribution is 5.80. The van der Waals surface area contributed by atoms with Gasteiger partial charge < -0.3 is 15.8 Å². The van der Waals surface area contributed by atoms with E-state index >= 15 is 0 Å². The second kappa shape index (κ2) is 5.17. The molecule has 18 heavy (non-hydrogen) atoms. The summed E-state index contributed by atoms with van der Waals surface area (Å²) in [7, 11) is 0. The summed E-state index contributed by atoms with van der Waals surface area (Å²) in [5, 5.41) is 3.18. The first-order chi connectivity index (χ1) is 8.42. The maximum Gasteiger partial charge on any atom is 0.225 e. The van der Waals surface area contributed by atoms with E-state index in [2.05, 4.69) is 19.2 Å². The third-order valence-corrected chi connectivity index (χ3v) is 4.80. The second-order valence-corrected chi connectivity index (χ2v) is 6.36. The Bertz CT molecular complexity index is 321. The van der Waals surface area contributed by atoms with Gasteiger partial charge in [-0.05, 0) is 45.4 Å². The van der Waals surface area contributed by atoms with E-state index in [0.717, 1.165) is 32.3 Å². The Morgan fingerprint density at radius 3 is 2.72 bits per heavy atom. The van der Waals surface area contributed by atoms with Crippen LogP contribution in [0.25, 0.3) is 0 Å². The zero-order chi connectivity index (χ0) is 13.3. The summed E-state index contributed by atoms with van der Waals surface area (Å²) in [6, 6.07) is 0.0161. The van der Waals surface area contributed by atoms with Gasteiger partial charge >= 0.3 is 0 Å². The van der Waals surface area contributed by atoms with Crippen LogP contribution in [0.1, 0.15) is 46.5 Å². The lowest BCUT2D eigenvalue weighted by Crippen LogP contribution is -2.55. The molecule has 0 radical (unpaired) electrons. The SMILES string of the molecule is CC1CCC(N)C(C(=O)NC2(C)CCOC2C)C1. The van der Waals surface area contributed by atoms with E-state index < -0.39 is 0 Å². The highest BCUT2D eigenvalue weighted by Crippen LogP contribution is 2.30. The van der Waals surface area contributed by atoms with Gasteiger partial charge in [0, 0.05) is 12.6 Å². The zero-order valence-corrected chi connectivity index (χ0v) is 11.7. The van der Waals surface area contributed by atoms with Crippen LogP contribution in [-0.4, -0.2) is 30.2 Å². The van der Waals surface area contributed by atoms with E-state index in [1.165, 1.54) is 0 Å². The lowest BCUT2D eigenvalue weighted by molar-refractivity contribution is -0.129. The van der Waals surface area contributed by atoms with Gasteiger partial charge in [0.05, 0.1) is 17.6 Å². The zero-order valence-electron chi connectivity index (χ0n) is 11.7. The number of nitrogens with one attached hydrogen (secondary N) is 1. The van der Waals surface area contributed by atoms with Crippen LogP contribution in [0, 0.1) is 11.8 Å². The van der Waals surface area contributed by atoms with E-state index in [0.29, 0.717) is 5.92 Å². The lowest BCUT2D eigenvalue weighted by atomic mass is 9.78. The Kier molecular flexibility index (Phi) is 3.97. The maximum atomic E-state index is 12.4. The number of hydrogen-bond donors (Lipinski definition) is 2. The summed E-state index contributed by atoms with van der Waals surface area (Å²) in [6.45, 7) is 7.03. The van der Waals surface area contributed by atoms with E-state index in [1.54, 1.807) is 0 Å². The third kappa shape index (κ3) is 2.69. The second-order valence-electron chi connectivity index (χ2n) is 6.36. The highest BCUT2D eigenvalue weighted by atomic mass is 16.5. The number of carbonyl (C=O) groups excluding carboxylic acids is 1. The number of hydrogen-bond acceptors (Lipinski definition) is 3. The topological polar surface area (TPSA) is 64.4 Å². The van der Waals surface area contributed by atoms with Crippen molar-refractivity contribution in [2.45, 2.75) is 64.1 Å². The molecule has 0 aromatic heterocycles. The Morgan fingerprint density at radius 1 is 1.39 bits per heavy atom. The average Bonchev–Trinajstić information content (AvgIpc) is 2.62. The number of amides is 1. The molecule has 5 atom stereocenters. The van der Waals surface area contributed by atoms with Crippen molar-refractivity contribution in [2.24, 2.45) is 17.6 Å². The van der Waals surface area contributed by atoms with Crippen LogP contribution in [0.3, 0.4) is 0 Å². The molecule has 2 fully saturated rings. The van der Waals surface area contributed by atoms with E-state index in [1.807, 2.05) is 6.92 Å². The fourth-order valence-corrected chi connectivity index (χ4v) is 3.08. The molecule has 1 saturated carbocycles. The van der Waals surface area contributed by atoms with Gasteiger partial charge in [0.15, 0.2) is 0 Å². The van der Waals surface area contributed by atoms with Crippen LogP contribution in [0.15, 0.2) is 0 Å². The quantitative estimate of drug-likeness (QED) is 0.783. The minimum absolute atomic E-state index is 0.0161. The van der Waals surface area contributed by atoms with Gasteiger partial charge in [-0.15, -0.1) is 0 Å². The predicted molar refractivity (Wildman–Crippen MR) is 71.1 cm³/mol. The van der Waals surface area contributed by atoms with Crippen molar-refractivity contribution in [3.63, 3.8) is 0 Å². The van der Waals surface area contributed by atoms with E-state index in [4.69, 9.17) is 10.5 Å². The largest absolute Gasteiger partial charge is 0.376 e. The van der Waals surface area contributed by atoms with Crippen LogP contribution in [0.4, 0.5) is 0 Å². The Morgan fingerprint density at radius 2 is 2.11 bits per heavy atom. The molecule has 5 unspecified atom stereocenters. The van der Waals surface area contributed by atoms with Crippen molar-refractivity contribution in [3.05, 3.63) is 0 Å². The molecule has 3 N–H and O–H groups in total. The van der Waals surface area contributed by atoms with Gasteiger partial charge in [-0.1, -0.05) is 6.92 Å². The van der Waals surface area contributed by atoms with E-state index in [-0.39, 0.29) is 29.5 Å². The van der Waals surface area contributed by atoms with E-state index in [9.17, 15) is 4.79 Å². The first-order valence-corrected chi connectivity index (χ1v) is 7.11. The summed E-state index contributed by atoms with van der Waals surface area (Å²) >= 11 is 0. The van der Waals surface area contributed by atoms with Crippen LogP contribution in [0.5, 0.6) is 0 Å². The molecule has 0 spiro atoms. The van der Waals surface area contributed by atoms with Gasteiger partial charge in [-0.2, -0.15) is 0 Å². The van der Waals surface area contributed by atoms with Gasteiger partial charge in [-0.3, -0.25) is 4.79 Å². The number of ether oxygens (including phenoxy) is 1. The molecule has 0 aromatic carbocycles. The summed E-state index contributed by atoms with van der Waals surface area (Å²) in [4.78, 5) is 12.4. The Balaban J connectivity index is 1.98. The summed E-state index contributed by atoms with van der Waals surface area (Å²) in [5.41, 5.74) is 5.88. The van der Waals surface area contributed by atoms with Gasteiger partial charge in [0.25, 0.3) is 0 Å². The molecule has 4 nitrogen and oxygen atoms in total. The van der Waals surface area contributed by atoms with Crippen molar-refractivity contribution in [1.29, 1.82) is 0 Å². The molecule has 1 heterocycles. The molecule has 0 aromatic rings. The fraction of sp³-hybridized carbons (Fsp3) is 0.929. The van der Waals surface area contributed by atoms with Crippen LogP contribution >= 0.6 is 0 Å². The predicted octanol–water partition coefficient (Wildman–Crippen LogP) is 1.43. The Hall–Kier alpha value is -0.610. The summed E-state index contributed by atoms with van der Waals surface area (Å²) in [5.74, 6) is 0.692. The average molecular weight is 254 g/mol. The first kappa shape index (κ1) is 13.8. The van der Waals surface area contributed by atoms with Crippen molar-refractivity contribution in [2.75, 3.05) is 6.61 Å². The fourth-order valence-electron chi connectivity index (χ4n) is 3.08. The maximum absolute atomic E-state index is 12.4. The third-order valence-electron chi connectivity index (χ3n) is 4.80. The highest BCUT2D eigenvalue weighted by Gasteiger charge is 2.41. The van der Waals surface area contributed by atoms with Crippen molar-refractivity contribution in [3.8, 4) is 0 Å². The van der Waals surface area contributed by atoms with Gasteiger partial charge in [0.2, 0.25) is 5.91 Å². The summed E-state index contributed by atoms with van der Waals surface area (Å²) in [6.07, 6.45) is 3.98. The van der Waals surface area contributed by atoms with Crippen molar-refractivity contribution < 1.29 is 9.53 Å². The molecule has 1 aliphatic heterocycles. The monoisotopic (exact) mass is 254 g/mol. The molecule has 0 bridgehead atoms. The number of nitrogens with two attached hydrogens (primary N) is 1. The van der Waals surface area contributed by atoms with Gasteiger partial charge in [0.1, 0.15) is 0 Å². The lowest BCUT2D eigenvalue weighted by Gasteiger charge is -2.36. The normalized spacial score (nSPS) is 44.9. The molecule has 1 amide bonds. The number of rotatable bonds is 2. The first-order valence-electron chi connectivity index (χ1n) is 7.11. The molecule has 104 valence electrons. The van der Waals surface area contributed by atoms with Crippen molar-refractivity contribution >= 4 is 5.91 Å².